The molecule has 0 aliphatic carbocycles. The first-order chi connectivity index (χ1) is 14.8. The summed E-state index contributed by atoms with van der Waals surface area (Å²) in [7, 11) is -2.23. The molecule has 1 aromatic carbocycles. The number of nitrogens with one attached hydrogen (secondary N) is 1. The van der Waals surface area contributed by atoms with Crippen LogP contribution in [0.5, 0.6) is 5.75 Å². The van der Waals surface area contributed by atoms with Crippen LogP contribution in [0.4, 0.5) is 0 Å². The Kier molecular flexibility index (Phi) is 7.52. The number of hydrogen-bond donors (Lipinski definition) is 1. The summed E-state index contributed by atoms with van der Waals surface area (Å²) >= 11 is 5.46. The number of rotatable bonds is 7. The molecule has 1 saturated heterocycles. The van der Waals surface area contributed by atoms with Crippen molar-refractivity contribution in [1.82, 2.24) is 14.5 Å². The minimum atomic E-state index is -3.84. The van der Waals surface area contributed by atoms with Crippen LogP contribution < -0.4 is 10.1 Å². The van der Waals surface area contributed by atoms with Crippen molar-refractivity contribution in [2.24, 2.45) is 0 Å². The molecular weight excluding hydrogens is 442 g/mol. The molecule has 1 aliphatic rings. The van der Waals surface area contributed by atoms with Gasteiger partial charge in [-0.15, -0.1) is 0 Å². The Morgan fingerprint density at radius 3 is 2.42 bits per heavy atom. The molecule has 168 valence electrons. The van der Waals surface area contributed by atoms with Gasteiger partial charge >= 0.3 is 5.97 Å². The number of hydrogen-bond acceptors (Lipinski definition) is 7. The number of piperazine rings is 1. The molecule has 0 saturated carbocycles. The fraction of sp³-hybridized carbons (Fsp3) is 0.400. The molecule has 9 nitrogen and oxygen atoms in total. The predicted molar refractivity (Wildman–Crippen MR) is 117 cm³/mol. The van der Waals surface area contributed by atoms with Crippen molar-refractivity contribution < 1.29 is 27.1 Å². The van der Waals surface area contributed by atoms with Gasteiger partial charge in [-0.3, -0.25) is 0 Å². The summed E-state index contributed by atoms with van der Waals surface area (Å²) in [6.07, 6.45) is 0. The molecule has 1 aliphatic heterocycles. The van der Waals surface area contributed by atoms with Crippen LogP contribution in [0, 0.1) is 0 Å². The van der Waals surface area contributed by atoms with Crippen molar-refractivity contribution in [3.63, 3.8) is 0 Å². The molecule has 1 N–H and O–H groups in total. The highest BCUT2D eigenvalue weighted by Crippen LogP contribution is 2.21. The SMILES string of the molecule is CCOC(=O)c1ccc(S(=O)(=O)N2CCN(C(=S)NCc3ccc(OC)cc3)CC2)o1. The normalized spacial score (nSPS) is 14.8. The van der Waals surface area contributed by atoms with E-state index >= 15 is 0 Å². The van der Waals surface area contributed by atoms with E-state index < -0.39 is 16.0 Å². The third-order valence-corrected chi connectivity index (χ3v) is 6.96. The van der Waals surface area contributed by atoms with Gasteiger partial charge in [0.2, 0.25) is 10.9 Å². The number of esters is 1. The number of carbonyl (C=O) groups excluding carboxylic acids is 1. The molecule has 31 heavy (non-hydrogen) atoms. The molecule has 3 rings (SSSR count). The van der Waals surface area contributed by atoms with Gasteiger partial charge in [0.1, 0.15) is 5.75 Å². The second kappa shape index (κ2) is 10.1. The average molecular weight is 468 g/mol. The lowest BCUT2D eigenvalue weighted by Gasteiger charge is -2.35. The second-order valence-electron chi connectivity index (χ2n) is 6.74. The third-order valence-electron chi connectivity index (χ3n) is 4.78. The monoisotopic (exact) mass is 467 g/mol. The first kappa shape index (κ1) is 23.0. The van der Waals surface area contributed by atoms with Gasteiger partial charge in [0, 0.05) is 32.7 Å². The highest BCUT2D eigenvalue weighted by molar-refractivity contribution is 7.89. The zero-order chi connectivity index (χ0) is 22.4. The van der Waals surface area contributed by atoms with Gasteiger partial charge in [-0.2, -0.15) is 4.31 Å². The highest BCUT2D eigenvalue weighted by Gasteiger charge is 2.32. The Morgan fingerprint density at radius 2 is 1.81 bits per heavy atom. The third kappa shape index (κ3) is 5.54. The number of sulfonamides is 1. The van der Waals surface area contributed by atoms with E-state index in [0.29, 0.717) is 24.7 Å². The van der Waals surface area contributed by atoms with Crippen LogP contribution in [-0.4, -0.2) is 68.6 Å². The lowest BCUT2D eigenvalue weighted by molar-refractivity contribution is 0.0483. The van der Waals surface area contributed by atoms with Crippen LogP contribution in [-0.2, 0) is 21.3 Å². The summed E-state index contributed by atoms with van der Waals surface area (Å²) in [5.41, 5.74) is 1.06. The molecule has 0 radical (unpaired) electrons. The number of furan rings is 1. The van der Waals surface area contributed by atoms with Crippen LogP contribution in [0.3, 0.4) is 0 Å². The van der Waals surface area contributed by atoms with Crippen molar-refractivity contribution in [1.29, 1.82) is 0 Å². The van der Waals surface area contributed by atoms with E-state index in [1.807, 2.05) is 29.2 Å². The summed E-state index contributed by atoms with van der Waals surface area (Å²) in [5, 5.41) is 3.49. The zero-order valence-electron chi connectivity index (χ0n) is 17.4. The Balaban J connectivity index is 1.53. The number of methoxy groups -OCH3 is 1. The van der Waals surface area contributed by atoms with Crippen molar-refractivity contribution in [3.05, 3.63) is 47.7 Å². The predicted octanol–water partition coefficient (Wildman–Crippen LogP) is 1.85. The quantitative estimate of drug-likeness (QED) is 0.483. The van der Waals surface area contributed by atoms with E-state index in [4.69, 9.17) is 26.1 Å². The fourth-order valence-electron chi connectivity index (χ4n) is 3.06. The number of carbonyl (C=O) groups is 1. The van der Waals surface area contributed by atoms with Crippen LogP contribution in [0.25, 0.3) is 0 Å². The maximum absolute atomic E-state index is 12.8. The average Bonchev–Trinajstić information content (AvgIpc) is 3.29. The van der Waals surface area contributed by atoms with Crippen LogP contribution in [0.15, 0.2) is 45.9 Å². The molecule has 1 fully saturated rings. The number of nitrogens with zero attached hydrogens (tertiary/aromatic N) is 2. The Labute approximate surface area is 187 Å². The summed E-state index contributed by atoms with van der Waals surface area (Å²) in [6.45, 7) is 3.79. The van der Waals surface area contributed by atoms with Crippen LogP contribution in [0.1, 0.15) is 23.0 Å². The largest absolute Gasteiger partial charge is 0.497 e. The van der Waals surface area contributed by atoms with Gasteiger partial charge in [-0.25, -0.2) is 13.2 Å². The van der Waals surface area contributed by atoms with E-state index in [0.717, 1.165) is 11.3 Å². The van der Waals surface area contributed by atoms with Gasteiger partial charge in [0.05, 0.1) is 13.7 Å². The number of benzene rings is 1. The number of thiocarbonyl (C=S) groups is 1. The first-order valence-corrected chi connectivity index (χ1v) is 11.6. The second-order valence-corrected chi connectivity index (χ2v) is 8.99. The van der Waals surface area contributed by atoms with Crippen molar-refractivity contribution >= 4 is 33.3 Å². The minimum Gasteiger partial charge on any atom is -0.497 e. The highest BCUT2D eigenvalue weighted by atomic mass is 32.2. The first-order valence-electron chi connectivity index (χ1n) is 9.78. The van der Waals surface area contributed by atoms with Crippen molar-refractivity contribution in [2.45, 2.75) is 18.6 Å². The lowest BCUT2D eigenvalue weighted by Crippen LogP contribution is -2.52. The van der Waals surface area contributed by atoms with E-state index in [1.165, 1.54) is 16.4 Å². The molecule has 1 aromatic heterocycles. The topological polar surface area (TPSA) is 101 Å². The molecular formula is C20H25N3O6S2. The summed E-state index contributed by atoms with van der Waals surface area (Å²) < 4.78 is 42.2. The standard InChI is InChI=1S/C20H25N3O6S2/c1-3-28-19(24)17-8-9-18(29-17)31(25,26)23-12-10-22(11-13-23)20(30)21-14-15-4-6-16(27-2)7-5-15/h4-9H,3,10-14H2,1-2H3,(H,21,30). The minimum absolute atomic E-state index is 0.136. The Hall–Kier alpha value is -2.63. The maximum Gasteiger partial charge on any atom is 0.374 e. The number of ether oxygens (including phenoxy) is 2. The van der Waals surface area contributed by atoms with Crippen LogP contribution >= 0.6 is 12.2 Å². The van der Waals surface area contributed by atoms with E-state index in [1.54, 1.807) is 14.0 Å². The molecule has 0 unspecified atom stereocenters. The van der Waals surface area contributed by atoms with Crippen LogP contribution in [0.2, 0.25) is 0 Å². The van der Waals surface area contributed by atoms with Gasteiger partial charge in [-0.05, 0) is 49.0 Å². The Morgan fingerprint density at radius 1 is 1.13 bits per heavy atom. The van der Waals surface area contributed by atoms with Crippen molar-refractivity contribution in [2.75, 3.05) is 39.9 Å². The summed E-state index contributed by atoms with van der Waals surface area (Å²) in [5.74, 6) is -0.0420. The molecule has 11 heteroatoms. The molecule has 0 amide bonds. The van der Waals surface area contributed by atoms with Gasteiger partial charge < -0.3 is 24.1 Å². The van der Waals surface area contributed by atoms with E-state index in [-0.39, 0.29) is 30.5 Å². The smallest absolute Gasteiger partial charge is 0.374 e. The fourth-order valence-corrected chi connectivity index (χ4v) is 4.65. The molecule has 0 atom stereocenters. The van der Waals surface area contributed by atoms with Gasteiger partial charge in [0.15, 0.2) is 5.11 Å². The Bertz CT molecular complexity index is 1010. The van der Waals surface area contributed by atoms with Gasteiger partial charge in [0.25, 0.3) is 10.0 Å². The van der Waals surface area contributed by atoms with Crippen molar-refractivity contribution in [3.8, 4) is 5.75 Å². The molecule has 2 aromatic rings. The van der Waals surface area contributed by atoms with E-state index in [9.17, 15) is 13.2 Å². The molecule has 0 bridgehead atoms. The van der Waals surface area contributed by atoms with Gasteiger partial charge in [-0.1, -0.05) is 12.1 Å². The zero-order valence-corrected chi connectivity index (χ0v) is 19.0. The molecule has 0 spiro atoms. The maximum atomic E-state index is 12.8. The summed E-state index contributed by atoms with van der Waals surface area (Å²) in [6, 6.07) is 10.2. The van der Waals surface area contributed by atoms with E-state index in [2.05, 4.69) is 5.32 Å². The lowest BCUT2D eigenvalue weighted by atomic mass is 10.2. The summed E-state index contributed by atoms with van der Waals surface area (Å²) in [4.78, 5) is 13.6. The molecule has 2 heterocycles.